The Kier molecular flexibility index (Phi) is 3.79. The first-order valence-corrected chi connectivity index (χ1v) is 6.94. The zero-order chi connectivity index (χ0) is 15.6. The monoisotopic (exact) mass is 304 g/mol. The number of hydrogen-bond donors (Lipinski definition) is 1. The third-order valence-corrected chi connectivity index (χ3v) is 3.59. The van der Waals surface area contributed by atoms with Crippen molar-refractivity contribution in [1.29, 1.82) is 0 Å². The standard InChI is InChI=1S/C17H15F3N2/c18-17(19,20)15-6-7-16(13-4-2-1-3-5-13)14(10-15)11-22-9-8-21-12-22/h1-10,21H,11-12H2. The van der Waals surface area contributed by atoms with Crippen molar-refractivity contribution in [3.63, 3.8) is 0 Å². The van der Waals surface area contributed by atoms with Gasteiger partial charge in [-0.3, -0.25) is 0 Å². The lowest BCUT2D eigenvalue weighted by Gasteiger charge is -2.19. The molecule has 0 aliphatic carbocycles. The van der Waals surface area contributed by atoms with Crippen molar-refractivity contribution in [3.05, 3.63) is 72.1 Å². The normalized spacial score (nSPS) is 14.2. The summed E-state index contributed by atoms with van der Waals surface area (Å²) in [4.78, 5) is 1.93. The van der Waals surface area contributed by atoms with Gasteiger partial charge < -0.3 is 10.2 Å². The van der Waals surface area contributed by atoms with Crippen molar-refractivity contribution < 1.29 is 13.2 Å². The van der Waals surface area contributed by atoms with Gasteiger partial charge in [0.25, 0.3) is 0 Å². The van der Waals surface area contributed by atoms with E-state index in [1.54, 1.807) is 12.3 Å². The van der Waals surface area contributed by atoms with E-state index in [0.717, 1.165) is 17.2 Å². The summed E-state index contributed by atoms with van der Waals surface area (Å²) in [5, 5.41) is 3.02. The SMILES string of the molecule is FC(F)(F)c1ccc(-c2ccccc2)c(CN2C=CNC2)c1. The van der Waals surface area contributed by atoms with Crippen molar-refractivity contribution in [1.82, 2.24) is 10.2 Å². The summed E-state index contributed by atoms with van der Waals surface area (Å²) in [6.45, 7) is 1.03. The quantitative estimate of drug-likeness (QED) is 0.914. The van der Waals surface area contributed by atoms with Gasteiger partial charge in [-0.1, -0.05) is 36.4 Å². The fourth-order valence-corrected chi connectivity index (χ4v) is 2.51. The highest BCUT2D eigenvalue weighted by Crippen LogP contribution is 2.34. The van der Waals surface area contributed by atoms with Gasteiger partial charge in [-0.15, -0.1) is 0 Å². The molecule has 0 saturated heterocycles. The summed E-state index contributed by atoms with van der Waals surface area (Å²) in [5.41, 5.74) is 1.80. The third kappa shape index (κ3) is 3.08. The number of nitrogens with zero attached hydrogens (tertiary/aromatic N) is 1. The second-order valence-corrected chi connectivity index (χ2v) is 5.16. The van der Waals surface area contributed by atoms with Crippen LogP contribution in [0.1, 0.15) is 11.1 Å². The first-order valence-electron chi connectivity index (χ1n) is 6.94. The minimum atomic E-state index is -4.33. The van der Waals surface area contributed by atoms with E-state index in [2.05, 4.69) is 5.32 Å². The number of halogens is 3. The van der Waals surface area contributed by atoms with Gasteiger partial charge in [0.15, 0.2) is 0 Å². The number of rotatable bonds is 3. The predicted molar refractivity (Wildman–Crippen MR) is 79.6 cm³/mol. The van der Waals surface area contributed by atoms with Gasteiger partial charge in [-0.05, 0) is 28.8 Å². The molecule has 0 amide bonds. The van der Waals surface area contributed by atoms with E-state index in [1.807, 2.05) is 41.4 Å². The molecule has 2 aromatic carbocycles. The van der Waals surface area contributed by atoms with Gasteiger partial charge in [-0.2, -0.15) is 13.2 Å². The molecule has 3 rings (SSSR count). The number of benzene rings is 2. The predicted octanol–water partition coefficient (Wildman–Crippen LogP) is 4.21. The Labute approximate surface area is 126 Å². The molecule has 22 heavy (non-hydrogen) atoms. The van der Waals surface area contributed by atoms with Crippen LogP contribution in [0.25, 0.3) is 11.1 Å². The molecule has 1 aliphatic rings. The van der Waals surface area contributed by atoms with E-state index in [1.165, 1.54) is 6.07 Å². The molecule has 0 unspecified atom stereocenters. The van der Waals surface area contributed by atoms with E-state index >= 15 is 0 Å². The van der Waals surface area contributed by atoms with E-state index in [-0.39, 0.29) is 0 Å². The number of nitrogens with one attached hydrogen (secondary N) is 1. The highest BCUT2D eigenvalue weighted by molar-refractivity contribution is 5.68. The Balaban J connectivity index is 2.02. The lowest BCUT2D eigenvalue weighted by molar-refractivity contribution is -0.137. The van der Waals surface area contributed by atoms with Crippen LogP contribution in [-0.4, -0.2) is 11.6 Å². The molecule has 0 saturated carbocycles. The summed E-state index contributed by atoms with van der Waals surface area (Å²) in [6, 6.07) is 13.4. The smallest absolute Gasteiger partial charge is 0.373 e. The maximum Gasteiger partial charge on any atom is 0.416 e. The van der Waals surface area contributed by atoms with Gasteiger partial charge in [-0.25, -0.2) is 0 Å². The first kappa shape index (κ1) is 14.5. The molecule has 0 atom stereocenters. The maximum atomic E-state index is 13.0. The Hall–Kier alpha value is -2.43. The maximum absolute atomic E-state index is 13.0. The van der Waals surface area contributed by atoms with Crippen LogP contribution in [0.2, 0.25) is 0 Å². The highest BCUT2D eigenvalue weighted by Gasteiger charge is 2.31. The number of hydrogen-bond acceptors (Lipinski definition) is 2. The molecule has 0 spiro atoms. The van der Waals surface area contributed by atoms with Gasteiger partial charge in [0, 0.05) is 18.9 Å². The van der Waals surface area contributed by atoms with E-state index in [9.17, 15) is 13.2 Å². The first-order chi connectivity index (χ1) is 10.5. The average molecular weight is 304 g/mol. The van der Waals surface area contributed by atoms with E-state index in [0.29, 0.717) is 18.8 Å². The van der Waals surface area contributed by atoms with Crippen molar-refractivity contribution in [3.8, 4) is 11.1 Å². The fourth-order valence-electron chi connectivity index (χ4n) is 2.51. The Morgan fingerprint density at radius 2 is 1.82 bits per heavy atom. The highest BCUT2D eigenvalue weighted by atomic mass is 19.4. The minimum absolute atomic E-state index is 0.428. The number of alkyl halides is 3. The third-order valence-electron chi connectivity index (χ3n) is 3.59. The molecule has 0 bridgehead atoms. The van der Waals surface area contributed by atoms with Crippen LogP contribution >= 0.6 is 0 Å². The molecule has 1 N–H and O–H groups in total. The van der Waals surface area contributed by atoms with Crippen LogP contribution in [0.3, 0.4) is 0 Å². The average Bonchev–Trinajstić information content (AvgIpc) is 3.00. The van der Waals surface area contributed by atoms with Gasteiger partial charge in [0.2, 0.25) is 0 Å². The molecule has 114 valence electrons. The van der Waals surface area contributed by atoms with Gasteiger partial charge in [0.05, 0.1) is 12.2 Å². The fraction of sp³-hybridized carbons (Fsp3) is 0.176. The Bertz CT molecular complexity index is 678. The van der Waals surface area contributed by atoms with Gasteiger partial charge >= 0.3 is 6.18 Å². The van der Waals surface area contributed by atoms with Crippen LogP contribution in [-0.2, 0) is 12.7 Å². The topological polar surface area (TPSA) is 15.3 Å². The summed E-state index contributed by atoms with van der Waals surface area (Å²) in [5.74, 6) is 0. The van der Waals surface area contributed by atoms with Crippen molar-refractivity contribution >= 4 is 0 Å². The van der Waals surface area contributed by atoms with Crippen LogP contribution in [0, 0.1) is 0 Å². The molecule has 0 radical (unpaired) electrons. The van der Waals surface area contributed by atoms with Crippen molar-refractivity contribution in [2.75, 3.05) is 6.67 Å². The summed E-state index contributed by atoms with van der Waals surface area (Å²) < 4.78 is 38.9. The molecule has 1 heterocycles. The van der Waals surface area contributed by atoms with Crippen molar-refractivity contribution in [2.45, 2.75) is 12.7 Å². The van der Waals surface area contributed by atoms with Crippen molar-refractivity contribution in [2.24, 2.45) is 0 Å². The molecule has 1 aliphatic heterocycles. The summed E-state index contributed by atoms with van der Waals surface area (Å²) >= 11 is 0. The van der Waals surface area contributed by atoms with Crippen LogP contribution in [0.5, 0.6) is 0 Å². The largest absolute Gasteiger partial charge is 0.416 e. The zero-order valence-electron chi connectivity index (χ0n) is 11.8. The molecule has 2 aromatic rings. The summed E-state index contributed by atoms with van der Waals surface area (Å²) in [7, 11) is 0. The Morgan fingerprint density at radius 1 is 1.05 bits per heavy atom. The lowest BCUT2D eigenvalue weighted by atomic mass is 9.97. The molecular formula is C17H15F3N2. The zero-order valence-corrected chi connectivity index (χ0v) is 11.8. The summed E-state index contributed by atoms with van der Waals surface area (Å²) in [6.07, 6.45) is -0.700. The van der Waals surface area contributed by atoms with Crippen LogP contribution in [0.15, 0.2) is 60.9 Å². The second-order valence-electron chi connectivity index (χ2n) is 5.16. The molecule has 0 fully saturated rings. The molecule has 2 nitrogen and oxygen atoms in total. The molecule has 0 aromatic heterocycles. The van der Waals surface area contributed by atoms with Crippen LogP contribution in [0.4, 0.5) is 13.2 Å². The van der Waals surface area contributed by atoms with E-state index in [4.69, 9.17) is 0 Å². The molecule has 5 heteroatoms. The van der Waals surface area contributed by atoms with Crippen LogP contribution < -0.4 is 5.32 Å². The second kappa shape index (κ2) is 5.75. The molecular weight excluding hydrogens is 289 g/mol. The lowest BCUT2D eigenvalue weighted by Crippen LogP contribution is -2.20. The van der Waals surface area contributed by atoms with Gasteiger partial charge in [0.1, 0.15) is 0 Å². The Morgan fingerprint density at radius 3 is 2.45 bits per heavy atom. The van der Waals surface area contributed by atoms with E-state index < -0.39 is 11.7 Å². The minimum Gasteiger partial charge on any atom is -0.373 e.